The SMILES string of the molecule is Nc1cc(F)c(OC(F)F)cc1Oc1ccccc1. The molecule has 0 aliphatic rings. The van der Waals surface area contributed by atoms with E-state index in [0.717, 1.165) is 12.1 Å². The molecule has 0 bridgehead atoms. The Bertz CT molecular complexity index is 561. The van der Waals surface area contributed by atoms with Gasteiger partial charge in [0.15, 0.2) is 17.3 Å². The lowest BCUT2D eigenvalue weighted by Gasteiger charge is -2.11. The molecule has 0 saturated heterocycles. The van der Waals surface area contributed by atoms with Crippen LogP contribution in [0, 0.1) is 5.82 Å². The molecule has 2 N–H and O–H groups in total. The number of hydrogen-bond acceptors (Lipinski definition) is 3. The highest BCUT2D eigenvalue weighted by atomic mass is 19.3. The van der Waals surface area contributed by atoms with Crippen molar-refractivity contribution in [2.75, 3.05) is 5.73 Å². The Hall–Kier alpha value is -2.37. The van der Waals surface area contributed by atoms with Crippen molar-refractivity contribution in [2.24, 2.45) is 0 Å². The van der Waals surface area contributed by atoms with Crippen LogP contribution >= 0.6 is 0 Å². The van der Waals surface area contributed by atoms with Gasteiger partial charge >= 0.3 is 6.61 Å². The number of nitrogens with two attached hydrogens (primary N) is 1. The molecule has 100 valence electrons. The predicted molar refractivity (Wildman–Crippen MR) is 64.0 cm³/mol. The number of nitrogen functional groups attached to an aromatic ring is 1. The molecular weight excluding hydrogens is 259 g/mol. The molecule has 2 rings (SSSR count). The van der Waals surface area contributed by atoms with Gasteiger partial charge in [0.1, 0.15) is 5.75 Å². The molecule has 2 aromatic carbocycles. The quantitative estimate of drug-likeness (QED) is 0.858. The number of anilines is 1. The van der Waals surface area contributed by atoms with Gasteiger partial charge in [-0.1, -0.05) is 18.2 Å². The molecule has 0 atom stereocenters. The van der Waals surface area contributed by atoms with Crippen molar-refractivity contribution in [1.82, 2.24) is 0 Å². The van der Waals surface area contributed by atoms with Crippen LogP contribution < -0.4 is 15.2 Å². The minimum Gasteiger partial charge on any atom is -0.455 e. The fourth-order valence-electron chi connectivity index (χ4n) is 1.44. The first-order valence-corrected chi connectivity index (χ1v) is 5.33. The molecule has 0 amide bonds. The average molecular weight is 269 g/mol. The largest absolute Gasteiger partial charge is 0.455 e. The fourth-order valence-corrected chi connectivity index (χ4v) is 1.44. The monoisotopic (exact) mass is 269 g/mol. The second kappa shape index (κ2) is 5.51. The van der Waals surface area contributed by atoms with E-state index in [1.54, 1.807) is 30.3 Å². The van der Waals surface area contributed by atoms with Crippen LogP contribution in [-0.2, 0) is 0 Å². The molecule has 0 aromatic heterocycles. The number of ether oxygens (including phenoxy) is 2. The Morgan fingerprint density at radius 1 is 1.00 bits per heavy atom. The zero-order chi connectivity index (χ0) is 13.8. The van der Waals surface area contributed by atoms with E-state index in [1.165, 1.54) is 0 Å². The summed E-state index contributed by atoms with van der Waals surface area (Å²) in [5.41, 5.74) is 5.55. The first-order valence-electron chi connectivity index (χ1n) is 5.33. The molecule has 19 heavy (non-hydrogen) atoms. The van der Waals surface area contributed by atoms with E-state index in [9.17, 15) is 13.2 Å². The van der Waals surface area contributed by atoms with Crippen LogP contribution in [0.5, 0.6) is 17.2 Å². The van der Waals surface area contributed by atoms with Gasteiger partial charge in [0.25, 0.3) is 0 Å². The van der Waals surface area contributed by atoms with Crippen LogP contribution in [0.4, 0.5) is 18.9 Å². The third-order valence-electron chi connectivity index (χ3n) is 2.25. The smallest absolute Gasteiger partial charge is 0.387 e. The standard InChI is InChI=1S/C13H10F3NO2/c14-9-6-10(17)12(7-11(9)19-13(15)16)18-8-4-2-1-3-5-8/h1-7,13H,17H2. The Labute approximate surface area is 107 Å². The van der Waals surface area contributed by atoms with Crippen molar-refractivity contribution in [3.8, 4) is 17.2 Å². The minimum atomic E-state index is -3.12. The van der Waals surface area contributed by atoms with Crippen molar-refractivity contribution >= 4 is 5.69 Å². The van der Waals surface area contributed by atoms with Crippen LogP contribution in [0.2, 0.25) is 0 Å². The second-order valence-electron chi connectivity index (χ2n) is 3.61. The first-order chi connectivity index (χ1) is 9.06. The molecule has 3 nitrogen and oxygen atoms in total. The summed E-state index contributed by atoms with van der Waals surface area (Å²) in [5, 5.41) is 0. The second-order valence-corrected chi connectivity index (χ2v) is 3.61. The fraction of sp³-hybridized carbons (Fsp3) is 0.0769. The number of halogens is 3. The number of para-hydroxylation sites is 1. The van der Waals surface area contributed by atoms with E-state index in [2.05, 4.69) is 4.74 Å². The Morgan fingerprint density at radius 3 is 2.32 bits per heavy atom. The van der Waals surface area contributed by atoms with Gasteiger partial charge in [-0.25, -0.2) is 4.39 Å². The van der Waals surface area contributed by atoms with Gasteiger partial charge < -0.3 is 15.2 Å². The highest BCUT2D eigenvalue weighted by Gasteiger charge is 2.14. The summed E-state index contributed by atoms with van der Waals surface area (Å²) in [6.45, 7) is -3.12. The van der Waals surface area contributed by atoms with Crippen LogP contribution in [0.3, 0.4) is 0 Å². The summed E-state index contributed by atoms with van der Waals surface area (Å²) in [4.78, 5) is 0. The van der Waals surface area contributed by atoms with Gasteiger partial charge in [-0.2, -0.15) is 8.78 Å². The maximum Gasteiger partial charge on any atom is 0.387 e. The summed E-state index contributed by atoms with van der Waals surface area (Å²) in [7, 11) is 0. The van der Waals surface area contributed by atoms with E-state index in [0.29, 0.717) is 5.75 Å². The Kier molecular flexibility index (Phi) is 3.79. The van der Waals surface area contributed by atoms with Gasteiger partial charge in [-0.3, -0.25) is 0 Å². The molecule has 0 spiro atoms. The highest BCUT2D eigenvalue weighted by molar-refractivity contribution is 5.57. The zero-order valence-corrected chi connectivity index (χ0v) is 9.65. The van der Waals surface area contributed by atoms with Gasteiger partial charge in [0.05, 0.1) is 5.69 Å². The van der Waals surface area contributed by atoms with Crippen molar-refractivity contribution < 1.29 is 22.6 Å². The minimum absolute atomic E-state index is 0.0111. The molecule has 0 aliphatic carbocycles. The lowest BCUT2D eigenvalue weighted by molar-refractivity contribution is -0.0522. The molecule has 0 saturated carbocycles. The normalized spacial score (nSPS) is 10.5. The molecule has 0 radical (unpaired) electrons. The van der Waals surface area contributed by atoms with Crippen molar-refractivity contribution in [3.63, 3.8) is 0 Å². The summed E-state index contributed by atoms with van der Waals surface area (Å²) in [6.07, 6.45) is 0. The van der Waals surface area contributed by atoms with Crippen LogP contribution in [0.25, 0.3) is 0 Å². The molecule has 6 heteroatoms. The topological polar surface area (TPSA) is 44.5 Å². The van der Waals surface area contributed by atoms with Crippen molar-refractivity contribution in [2.45, 2.75) is 6.61 Å². The van der Waals surface area contributed by atoms with Crippen molar-refractivity contribution in [1.29, 1.82) is 0 Å². The predicted octanol–water partition coefficient (Wildman–Crippen LogP) is 3.80. The molecule has 0 fully saturated rings. The van der Waals surface area contributed by atoms with Gasteiger partial charge in [0, 0.05) is 12.1 Å². The first kappa shape index (κ1) is 13.1. The van der Waals surface area contributed by atoms with E-state index in [1.807, 2.05) is 0 Å². The van der Waals surface area contributed by atoms with Crippen LogP contribution in [0.1, 0.15) is 0 Å². The van der Waals surface area contributed by atoms with E-state index < -0.39 is 18.2 Å². The lowest BCUT2D eigenvalue weighted by atomic mass is 10.2. The van der Waals surface area contributed by atoms with Gasteiger partial charge in [0.2, 0.25) is 0 Å². The number of benzene rings is 2. The highest BCUT2D eigenvalue weighted by Crippen LogP contribution is 2.33. The third kappa shape index (κ3) is 3.31. The maximum atomic E-state index is 13.3. The third-order valence-corrected chi connectivity index (χ3v) is 2.25. The zero-order valence-electron chi connectivity index (χ0n) is 9.65. The summed E-state index contributed by atoms with van der Waals surface area (Å²) in [5.74, 6) is -1.10. The number of hydrogen-bond donors (Lipinski definition) is 1. The van der Waals surface area contributed by atoms with Gasteiger partial charge in [-0.15, -0.1) is 0 Å². The molecular formula is C13H10F3NO2. The van der Waals surface area contributed by atoms with Crippen molar-refractivity contribution in [3.05, 3.63) is 48.3 Å². The maximum absolute atomic E-state index is 13.3. The lowest BCUT2D eigenvalue weighted by Crippen LogP contribution is -2.05. The summed E-state index contributed by atoms with van der Waals surface area (Å²) >= 11 is 0. The Balaban J connectivity index is 2.29. The molecule has 0 heterocycles. The van der Waals surface area contributed by atoms with E-state index in [-0.39, 0.29) is 11.4 Å². The van der Waals surface area contributed by atoms with Crippen LogP contribution in [0.15, 0.2) is 42.5 Å². The number of rotatable bonds is 4. The average Bonchev–Trinajstić information content (AvgIpc) is 2.36. The molecule has 0 aliphatic heterocycles. The van der Waals surface area contributed by atoms with E-state index >= 15 is 0 Å². The molecule has 0 unspecified atom stereocenters. The Morgan fingerprint density at radius 2 is 1.68 bits per heavy atom. The summed E-state index contributed by atoms with van der Waals surface area (Å²) < 4.78 is 46.9. The number of alkyl halides is 2. The summed E-state index contributed by atoms with van der Waals surface area (Å²) in [6, 6.07) is 10.4. The molecule has 2 aromatic rings. The van der Waals surface area contributed by atoms with Gasteiger partial charge in [-0.05, 0) is 12.1 Å². The van der Waals surface area contributed by atoms with E-state index in [4.69, 9.17) is 10.5 Å². The van der Waals surface area contributed by atoms with Crippen LogP contribution in [-0.4, -0.2) is 6.61 Å².